The van der Waals surface area contributed by atoms with Crippen LogP contribution in [0.4, 0.5) is 4.39 Å². The van der Waals surface area contributed by atoms with E-state index in [1.54, 1.807) is 6.07 Å². The second-order valence-corrected chi connectivity index (χ2v) is 4.92. The molecule has 1 aromatic rings. The van der Waals surface area contributed by atoms with E-state index in [2.05, 4.69) is 4.90 Å². The quantitative estimate of drug-likeness (QED) is 0.877. The molecule has 0 atom stereocenters. The van der Waals surface area contributed by atoms with Gasteiger partial charge in [0.1, 0.15) is 5.82 Å². The van der Waals surface area contributed by atoms with Gasteiger partial charge in [-0.2, -0.15) is 0 Å². The third kappa shape index (κ3) is 3.18. The highest BCUT2D eigenvalue weighted by atomic mass is 35.5. The predicted octanol–water partition coefficient (Wildman–Crippen LogP) is 2.83. The summed E-state index contributed by atoms with van der Waals surface area (Å²) in [6.45, 7) is 1.36. The molecule has 0 amide bonds. The minimum absolute atomic E-state index is 0.128. The van der Waals surface area contributed by atoms with Crippen molar-refractivity contribution < 1.29 is 9.50 Å². The maximum atomic E-state index is 13.2. The van der Waals surface area contributed by atoms with Gasteiger partial charge in [-0.05, 0) is 36.6 Å². The van der Waals surface area contributed by atoms with Crippen LogP contribution >= 0.6 is 11.6 Å². The van der Waals surface area contributed by atoms with Crippen LogP contribution in [0.15, 0.2) is 18.2 Å². The molecule has 0 unspecified atom stereocenters. The Morgan fingerprint density at radius 2 is 2.18 bits per heavy atom. The van der Waals surface area contributed by atoms with Gasteiger partial charge >= 0.3 is 0 Å². The zero-order valence-electron chi connectivity index (χ0n) is 9.70. The Morgan fingerprint density at radius 3 is 2.76 bits per heavy atom. The topological polar surface area (TPSA) is 23.5 Å². The van der Waals surface area contributed by atoms with E-state index in [4.69, 9.17) is 16.7 Å². The fraction of sp³-hybridized carbons (Fsp3) is 0.538. The van der Waals surface area contributed by atoms with Crippen molar-refractivity contribution in [1.29, 1.82) is 0 Å². The van der Waals surface area contributed by atoms with Gasteiger partial charge in [-0.15, -0.1) is 0 Å². The van der Waals surface area contributed by atoms with Gasteiger partial charge in [-0.3, -0.25) is 4.90 Å². The zero-order chi connectivity index (χ0) is 12.3. The molecule has 1 saturated carbocycles. The van der Waals surface area contributed by atoms with Crippen LogP contribution in [0, 0.1) is 5.82 Å². The number of aliphatic hydroxyl groups is 1. The summed E-state index contributed by atoms with van der Waals surface area (Å²) >= 11 is 6.05. The Balaban J connectivity index is 2.07. The van der Waals surface area contributed by atoms with Gasteiger partial charge in [0.15, 0.2) is 0 Å². The lowest BCUT2D eigenvalue weighted by Gasteiger charge is -2.37. The van der Waals surface area contributed by atoms with Crippen molar-refractivity contribution in [1.82, 2.24) is 4.90 Å². The first kappa shape index (κ1) is 12.8. The molecule has 0 radical (unpaired) electrons. The van der Waals surface area contributed by atoms with E-state index in [1.165, 1.54) is 18.6 Å². The van der Waals surface area contributed by atoms with Gasteiger partial charge in [-0.1, -0.05) is 18.0 Å². The third-order valence-electron chi connectivity index (χ3n) is 3.36. The van der Waals surface area contributed by atoms with Crippen LogP contribution in [0.3, 0.4) is 0 Å². The minimum Gasteiger partial charge on any atom is -0.395 e. The molecule has 0 aliphatic heterocycles. The van der Waals surface area contributed by atoms with Crippen molar-refractivity contribution in [3.05, 3.63) is 34.6 Å². The molecule has 1 N–H and O–H groups in total. The highest BCUT2D eigenvalue weighted by Crippen LogP contribution is 2.27. The average Bonchev–Trinajstić information content (AvgIpc) is 2.21. The second kappa shape index (κ2) is 5.80. The highest BCUT2D eigenvalue weighted by Gasteiger charge is 2.24. The summed E-state index contributed by atoms with van der Waals surface area (Å²) in [5.74, 6) is -0.262. The van der Waals surface area contributed by atoms with Crippen molar-refractivity contribution in [2.75, 3.05) is 13.2 Å². The normalized spacial score (nSPS) is 16.2. The molecule has 4 heteroatoms. The number of benzene rings is 1. The zero-order valence-corrected chi connectivity index (χ0v) is 10.5. The van der Waals surface area contributed by atoms with Gasteiger partial charge < -0.3 is 5.11 Å². The minimum atomic E-state index is -0.262. The Labute approximate surface area is 106 Å². The summed E-state index contributed by atoms with van der Waals surface area (Å²) < 4.78 is 13.2. The lowest BCUT2D eigenvalue weighted by molar-refractivity contribution is 0.0945. The van der Waals surface area contributed by atoms with Gasteiger partial charge in [-0.25, -0.2) is 4.39 Å². The number of hydrogen-bond donors (Lipinski definition) is 1. The fourth-order valence-electron chi connectivity index (χ4n) is 2.15. The van der Waals surface area contributed by atoms with Crippen molar-refractivity contribution in [3.63, 3.8) is 0 Å². The maximum absolute atomic E-state index is 13.2. The van der Waals surface area contributed by atoms with E-state index in [0.29, 0.717) is 24.2 Å². The summed E-state index contributed by atoms with van der Waals surface area (Å²) in [7, 11) is 0. The van der Waals surface area contributed by atoms with Gasteiger partial charge in [0.05, 0.1) is 6.61 Å². The molecular formula is C13H17ClFNO. The Morgan fingerprint density at radius 1 is 1.41 bits per heavy atom. The van der Waals surface area contributed by atoms with Crippen molar-refractivity contribution in [3.8, 4) is 0 Å². The molecule has 94 valence electrons. The first-order valence-electron chi connectivity index (χ1n) is 5.99. The van der Waals surface area contributed by atoms with Gasteiger partial charge in [0, 0.05) is 24.2 Å². The smallest absolute Gasteiger partial charge is 0.123 e. The lowest BCUT2D eigenvalue weighted by Crippen LogP contribution is -2.41. The van der Waals surface area contributed by atoms with Crippen molar-refractivity contribution in [2.24, 2.45) is 0 Å². The van der Waals surface area contributed by atoms with Crippen LogP contribution in [0.1, 0.15) is 24.8 Å². The van der Waals surface area contributed by atoms with Crippen molar-refractivity contribution >= 4 is 11.6 Å². The van der Waals surface area contributed by atoms with E-state index >= 15 is 0 Å². The van der Waals surface area contributed by atoms with Crippen LogP contribution in [-0.2, 0) is 6.54 Å². The standard InChI is InChI=1S/C13H17ClFNO/c14-13-5-4-11(15)8-10(13)9-16(6-7-17)12-2-1-3-12/h4-5,8,12,17H,1-3,6-7,9H2. The predicted molar refractivity (Wildman–Crippen MR) is 66.5 cm³/mol. The molecule has 0 heterocycles. The van der Waals surface area contributed by atoms with Gasteiger partial charge in [0.25, 0.3) is 0 Å². The molecule has 17 heavy (non-hydrogen) atoms. The molecule has 2 rings (SSSR count). The van der Waals surface area contributed by atoms with Crippen LogP contribution in [0.5, 0.6) is 0 Å². The second-order valence-electron chi connectivity index (χ2n) is 4.51. The highest BCUT2D eigenvalue weighted by molar-refractivity contribution is 6.31. The van der Waals surface area contributed by atoms with E-state index in [-0.39, 0.29) is 12.4 Å². The molecule has 1 aliphatic rings. The van der Waals surface area contributed by atoms with Gasteiger partial charge in [0.2, 0.25) is 0 Å². The summed E-state index contributed by atoms with van der Waals surface area (Å²) in [6, 6.07) is 4.95. The Hall–Kier alpha value is -0.640. The summed E-state index contributed by atoms with van der Waals surface area (Å²) in [4.78, 5) is 2.18. The SMILES string of the molecule is OCCN(Cc1cc(F)ccc1Cl)C1CCC1. The number of nitrogens with zero attached hydrogens (tertiary/aromatic N) is 1. The number of halogens is 2. The first-order valence-corrected chi connectivity index (χ1v) is 6.37. The van der Waals surface area contributed by atoms with Crippen LogP contribution < -0.4 is 0 Å². The maximum Gasteiger partial charge on any atom is 0.123 e. The van der Waals surface area contributed by atoms with Crippen LogP contribution in [0.2, 0.25) is 5.02 Å². The van der Waals surface area contributed by atoms with Crippen LogP contribution in [-0.4, -0.2) is 29.2 Å². The molecule has 0 spiro atoms. The Kier molecular flexibility index (Phi) is 4.37. The fourth-order valence-corrected chi connectivity index (χ4v) is 2.33. The summed E-state index contributed by atoms with van der Waals surface area (Å²) in [5, 5.41) is 9.65. The third-order valence-corrected chi connectivity index (χ3v) is 3.73. The molecule has 2 nitrogen and oxygen atoms in total. The molecule has 1 aromatic carbocycles. The van der Waals surface area contributed by atoms with E-state index in [9.17, 15) is 4.39 Å². The van der Waals surface area contributed by atoms with E-state index in [0.717, 1.165) is 18.4 Å². The summed E-state index contributed by atoms with van der Waals surface area (Å²) in [6.07, 6.45) is 3.56. The molecule has 1 fully saturated rings. The Bertz CT molecular complexity index is 382. The molecule has 0 saturated heterocycles. The number of rotatable bonds is 5. The summed E-state index contributed by atoms with van der Waals surface area (Å²) in [5.41, 5.74) is 0.798. The molecule has 0 aromatic heterocycles. The number of aliphatic hydroxyl groups excluding tert-OH is 1. The molecular weight excluding hydrogens is 241 g/mol. The average molecular weight is 258 g/mol. The molecule has 0 bridgehead atoms. The lowest BCUT2D eigenvalue weighted by atomic mass is 9.91. The number of hydrogen-bond acceptors (Lipinski definition) is 2. The van der Waals surface area contributed by atoms with E-state index in [1.807, 2.05) is 0 Å². The van der Waals surface area contributed by atoms with Crippen molar-refractivity contribution in [2.45, 2.75) is 31.8 Å². The van der Waals surface area contributed by atoms with E-state index < -0.39 is 0 Å². The first-order chi connectivity index (χ1) is 8.20. The van der Waals surface area contributed by atoms with Crippen LogP contribution in [0.25, 0.3) is 0 Å². The monoisotopic (exact) mass is 257 g/mol. The molecule has 1 aliphatic carbocycles. The largest absolute Gasteiger partial charge is 0.395 e.